The lowest BCUT2D eigenvalue weighted by molar-refractivity contribution is 0.928. The summed E-state index contributed by atoms with van der Waals surface area (Å²) in [5.74, 6) is 1.77. The van der Waals surface area contributed by atoms with Crippen LogP contribution in [-0.2, 0) is 6.54 Å². The third-order valence-corrected chi connectivity index (χ3v) is 3.30. The van der Waals surface area contributed by atoms with Crippen LogP contribution in [0, 0.1) is 13.8 Å². The van der Waals surface area contributed by atoms with Crippen LogP contribution in [0.3, 0.4) is 0 Å². The highest BCUT2D eigenvalue weighted by atomic mass is 15.1. The van der Waals surface area contributed by atoms with Gasteiger partial charge >= 0.3 is 0 Å². The van der Waals surface area contributed by atoms with E-state index in [1.807, 2.05) is 49.0 Å². The molecule has 0 fully saturated rings. The number of aromatic nitrogens is 4. The molecule has 0 unspecified atom stereocenters. The van der Waals surface area contributed by atoms with E-state index >= 15 is 0 Å². The summed E-state index contributed by atoms with van der Waals surface area (Å²) in [5, 5.41) is 3.41. The van der Waals surface area contributed by atoms with E-state index in [1.165, 1.54) is 0 Å². The molecule has 0 aliphatic carbocycles. The van der Waals surface area contributed by atoms with E-state index in [2.05, 4.69) is 26.3 Å². The highest BCUT2D eigenvalue weighted by Gasteiger charge is 2.07. The van der Waals surface area contributed by atoms with Gasteiger partial charge in [0, 0.05) is 37.0 Å². The van der Waals surface area contributed by atoms with E-state index in [9.17, 15) is 0 Å². The van der Waals surface area contributed by atoms with Crippen LogP contribution in [-0.4, -0.2) is 19.5 Å². The number of rotatable bonds is 4. The average molecular weight is 279 g/mol. The summed E-state index contributed by atoms with van der Waals surface area (Å²) < 4.78 is 1.97. The van der Waals surface area contributed by atoms with Crippen LogP contribution < -0.4 is 5.32 Å². The van der Waals surface area contributed by atoms with Crippen molar-refractivity contribution >= 4 is 5.69 Å². The van der Waals surface area contributed by atoms with Crippen molar-refractivity contribution < 1.29 is 0 Å². The smallest absolute Gasteiger partial charge is 0.161 e. The second-order valence-electron chi connectivity index (χ2n) is 4.88. The van der Waals surface area contributed by atoms with Crippen LogP contribution in [0.25, 0.3) is 5.82 Å². The maximum absolute atomic E-state index is 4.45. The van der Waals surface area contributed by atoms with Gasteiger partial charge in [-0.05, 0) is 37.6 Å². The summed E-state index contributed by atoms with van der Waals surface area (Å²) in [6.07, 6.45) is 7.36. The Labute approximate surface area is 123 Å². The van der Waals surface area contributed by atoms with Crippen molar-refractivity contribution in [3.8, 4) is 5.82 Å². The monoisotopic (exact) mass is 279 g/mol. The molecule has 5 nitrogen and oxygen atoms in total. The van der Waals surface area contributed by atoms with Crippen LogP contribution in [0.1, 0.15) is 17.1 Å². The quantitative estimate of drug-likeness (QED) is 0.798. The minimum absolute atomic E-state index is 0.708. The molecule has 5 heteroatoms. The third kappa shape index (κ3) is 2.91. The number of imidazole rings is 1. The number of anilines is 1. The SMILES string of the molecule is Cc1ccc(CNc2cccnc2-n2ccnc2C)cn1. The molecule has 0 aliphatic heterocycles. The topological polar surface area (TPSA) is 55.6 Å². The second-order valence-corrected chi connectivity index (χ2v) is 4.88. The van der Waals surface area contributed by atoms with Crippen molar-refractivity contribution in [2.45, 2.75) is 20.4 Å². The Hall–Kier alpha value is -2.69. The molecule has 0 amide bonds. The summed E-state index contributed by atoms with van der Waals surface area (Å²) in [6.45, 7) is 4.65. The lowest BCUT2D eigenvalue weighted by Gasteiger charge is -2.12. The molecule has 0 spiro atoms. The maximum Gasteiger partial charge on any atom is 0.161 e. The lowest BCUT2D eigenvalue weighted by Crippen LogP contribution is -2.07. The number of hydrogen-bond donors (Lipinski definition) is 1. The van der Waals surface area contributed by atoms with Gasteiger partial charge < -0.3 is 5.32 Å². The van der Waals surface area contributed by atoms with Gasteiger partial charge in [-0.15, -0.1) is 0 Å². The van der Waals surface area contributed by atoms with E-state index < -0.39 is 0 Å². The van der Waals surface area contributed by atoms with Crippen molar-refractivity contribution in [3.05, 3.63) is 66.1 Å². The molecule has 0 radical (unpaired) electrons. The third-order valence-electron chi connectivity index (χ3n) is 3.30. The summed E-state index contributed by atoms with van der Waals surface area (Å²) in [4.78, 5) is 13.0. The zero-order chi connectivity index (χ0) is 14.7. The molecule has 3 aromatic heterocycles. The molecule has 21 heavy (non-hydrogen) atoms. The van der Waals surface area contributed by atoms with E-state index in [0.29, 0.717) is 6.54 Å². The van der Waals surface area contributed by atoms with Crippen LogP contribution in [0.5, 0.6) is 0 Å². The zero-order valence-electron chi connectivity index (χ0n) is 12.1. The standard InChI is InChI=1S/C16H17N5/c1-12-5-6-14(10-19-12)11-20-15-4-3-7-18-16(15)21-9-8-17-13(21)2/h3-10,20H,11H2,1-2H3. The van der Waals surface area contributed by atoms with Gasteiger partial charge in [-0.3, -0.25) is 9.55 Å². The molecule has 0 aromatic carbocycles. The van der Waals surface area contributed by atoms with Gasteiger partial charge in [-0.2, -0.15) is 0 Å². The highest BCUT2D eigenvalue weighted by Crippen LogP contribution is 2.19. The van der Waals surface area contributed by atoms with Crippen LogP contribution in [0.15, 0.2) is 49.1 Å². The van der Waals surface area contributed by atoms with E-state index in [1.54, 1.807) is 12.4 Å². The van der Waals surface area contributed by atoms with E-state index in [0.717, 1.165) is 28.6 Å². The molecule has 0 saturated heterocycles. The first kappa shape index (κ1) is 13.3. The average Bonchev–Trinajstić information content (AvgIpc) is 2.93. The number of hydrogen-bond acceptors (Lipinski definition) is 4. The Morgan fingerprint density at radius 1 is 1.05 bits per heavy atom. The fraction of sp³-hybridized carbons (Fsp3) is 0.188. The van der Waals surface area contributed by atoms with E-state index in [-0.39, 0.29) is 0 Å². The molecule has 3 aromatic rings. The first-order valence-corrected chi connectivity index (χ1v) is 6.85. The summed E-state index contributed by atoms with van der Waals surface area (Å²) in [5.41, 5.74) is 3.13. The van der Waals surface area contributed by atoms with Crippen LogP contribution in [0.4, 0.5) is 5.69 Å². The molecule has 0 atom stereocenters. The van der Waals surface area contributed by atoms with Gasteiger partial charge in [0.25, 0.3) is 0 Å². The normalized spacial score (nSPS) is 10.6. The highest BCUT2D eigenvalue weighted by molar-refractivity contribution is 5.57. The number of pyridine rings is 2. The Balaban J connectivity index is 1.83. The molecule has 0 saturated carbocycles. The van der Waals surface area contributed by atoms with Crippen molar-refractivity contribution in [3.63, 3.8) is 0 Å². The molecule has 0 aliphatic rings. The van der Waals surface area contributed by atoms with Gasteiger partial charge in [0.2, 0.25) is 0 Å². The van der Waals surface area contributed by atoms with Gasteiger partial charge in [-0.1, -0.05) is 6.07 Å². The predicted octanol–water partition coefficient (Wildman–Crippen LogP) is 2.89. The van der Waals surface area contributed by atoms with E-state index in [4.69, 9.17) is 0 Å². The maximum atomic E-state index is 4.45. The molecule has 3 rings (SSSR count). The first-order valence-electron chi connectivity index (χ1n) is 6.85. The molecule has 1 N–H and O–H groups in total. The Morgan fingerprint density at radius 3 is 2.67 bits per heavy atom. The van der Waals surface area contributed by atoms with Crippen molar-refractivity contribution in [1.29, 1.82) is 0 Å². The molecular weight excluding hydrogens is 262 g/mol. The minimum Gasteiger partial charge on any atom is -0.378 e. The van der Waals surface area contributed by atoms with Gasteiger partial charge in [0.05, 0.1) is 5.69 Å². The van der Waals surface area contributed by atoms with Gasteiger partial charge in [-0.25, -0.2) is 9.97 Å². The largest absolute Gasteiger partial charge is 0.378 e. The predicted molar refractivity (Wildman–Crippen MR) is 82.4 cm³/mol. The second kappa shape index (κ2) is 5.75. The van der Waals surface area contributed by atoms with Crippen LogP contribution >= 0.6 is 0 Å². The van der Waals surface area contributed by atoms with Gasteiger partial charge in [0.1, 0.15) is 5.82 Å². The van der Waals surface area contributed by atoms with Crippen molar-refractivity contribution in [2.24, 2.45) is 0 Å². The summed E-state index contributed by atoms with van der Waals surface area (Å²) >= 11 is 0. The fourth-order valence-electron chi connectivity index (χ4n) is 2.13. The van der Waals surface area contributed by atoms with Gasteiger partial charge in [0.15, 0.2) is 5.82 Å². The number of nitrogens with one attached hydrogen (secondary N) is 1. The molecular formula is C16H17N5. The summed E-state index contributed by atoms with van der Waals surface area (Å²) in [7, 11) is 0. The van der Waals surface area contributed by atoms with Crippen LogP contribution in [0.2, 0.25) is 0 Å². The fourth-order valence-corrected chi connectivity index (χ4v) is 2.13. The Kier molecular flexibility index (Phi) is 3.64. The minimum atomic E-state index is 0.708. The van der Waals surface area contributed by atoms with Crippen molar-refractivity contribution in [2.75, 3.05) is 5.32 Å². The molecule has 0 bridgehead atoms. The lowest BCUT2D eigenvalue weighted by atomic mass is 10.2. The van der Waals surface area contributed by atoms with Crippen molar-refractivity contribution in [1.82, 2.24) is 19.5 Å². The molecule has 106 valence electrons. The Morgan fingerprint density at radius 2 is 1.95 bits per heavy atom. The Bertz CT molecular complexity index is 730. The molecule has 3 heterocycles. The summed E-state index contributed by atoms with van der Waals surface area (Å²) in [6, 6.07) is 8.03. The first-order chi connectivity index (χ1) is 10.2. The number of nitrogens with zero attached hydrogens (tertiary/aromatic N) is 4. The zero-order valence-corrected chi connectivity index (χ0v) is 12.1. The number of aryl methyl sites for hydroxylation is 2.